The average Bonchev–Trinajstić information content (AvgIpc) is 3.23. The second kappa shape index (κ2) is 9.72. The Morgan fingerprint density at radius 3 is 2.55 bits per heavy atom. The van der Waals surface area contributed by atoms with Gasteiger partial charge in [-0.1, -0.05) is 53.7 Å². The van der Waals surface area contributed by atoms with Gasteiger partial charge in [0.2, 0.25) is 0 Å². The minimum absolute atomic E-state index is 0.254. The monoisotopic (exact) mass is 450 g/mol. The van der Waals surface area contributed by atoms with E-state index in [9.17, 15) is 4.79 Å². The molecular formula is C22H19ClN6OS. The lowest BCUT2D eigenvalue weighted by molar-refractivity contribution is 0.102. The van der Waals surface area contributed by atoms with Crippen molar-refractivity contribution in [2.24, 2.45) is 0 Å². The number of halogens is 1. The maximum atomic E-state index is 13.1. The molecule has 2 aromatic carbocycles. The van der Waals surface area contributed by atoms with Gasteiger partial charge >= 0.3 is 0 Å². The van der Waals surface area contributed by atoms with Gasteiger partial charge in [-0.15, -0.1) is 5.10 Å². The van der Waals surface area contributed by atoms with Crippen LogP contribution in [-0.4, -0.2) is 30.9 Å². The Morgan fingerprint density at radius 2 is 1.81 bits per heavy atom. The van der Waals surface area contributed by atoms with E-state index in [0.29, 0.717) is 21.6 Å². The number of nitrogens with one attached hydrogen (secondary N) is 1. The number of carbonyl (C=O) groups is 1. The predicted molar refractivity (Wildman–Crippen MR) is 122 cm³/mol. The summed E-state index contributed by atoms with van der Waals surface area (Å²) >= 11 is 7.43. The van der Waals surface area contributed by atoms with Crippen molar-refractivity contribution in [3.8, 4) is 5.69 Å². The van der Waals surface area contributed by atoms with Gasteiger partial charge in [-0.25, -0.2) is 14.6 Å². The van der Waals surface area contributed by atoms with Gasteiger partial charge in [0, 0.05) is 28.9 Å². The Labute approximate surface area is 188 Å². The Kier molecular flexibility index (Phi) is 6.59. The lowest BCUT2D eigenvalue weighted by atomic mass is 10.1. The van der Waals surface area contributed by atoms with Crippen molar-refractivity contribution >= 4 is 35.0 Å². The van der Waals surface area contributed by atoms with Gasteiger partial charge in [0.15, 0.2) is 10.9 Å². The van der Waals surface area contributed by atoms with Gasteiger partial charge in [0.25, 0.3) is 5.91 Å². The maximum Gasteiger partial charge on any atom is 0.278 e. The summed E-state index contributed by atoms with van der Waals surface area (Å²) in [6, 6.07) is 16.7. The largest absolute Gasteiger partial charge is 0.320 e. The Balaban J connectivity index is 1.67. The predicted octanol–water partition coefficient (Wildman–Crippen LogP) is 4.82. The molecule has 0 aliphatic carbocycles. The molecule has 0 unspecified atom stereocenters. The molecule has 2 heterocycles. The Morgan fingerprint density at radius 1 is 1.06 bits per heavy atom. The molecule has 0 aliphatic rings. The minimum Gasteiger partial charge on any atom is -0.320 e. The maximum absolute atomic E-state index is 13.1. The molecule has 4 rings (SSSR count). The molecule has 0 saturated heterocycles. The molecule has 1 amide bonds. The Bertz CT molecular complexity index is 1180. The normalized spacial score (nSPS) is 10.8. The van der Waals surface area contributed by atoms with Crippen molar-refractivity contribution < 1.29 is 4.79 Å². The molecular weight excluding hydrogens is 432 g/mol. The highest BCUT2D eigenvalue weighted by atomic mass is 35.5. The molecule has 7 nitrogen and oxygen atoms in total. The molecule has 156 valence electrons. The number of thioether (sulfide) groups is 1. The van der Waals surface area contributed by atoms with Gasteiger partial charge in [0.05, 0.1) is 11.4 Å². The molecule has 9 heteroatoms. The smallest absolute Gasteiger partial charge is 0.278 e. The van der Waals surface area contributed by atoms with E-state index in [-0.39, 0.29) is 11.6 Å². The zero-order valence-corrected chi connectivity index (χ0v) is 18.3. The standard InChI is InChI=1S/C22H19ClN6OS/c1-2-15-6-3-4-7-18(15)26-21(30)20-19(14-31-22-24-12-5-13-25-22)29(28-27-20)17-10-8-16(23)9-11-17/h3-13H,2,14H2,1H3,(H,26,30). The topological polar surface area (TPSA) is 85.6 Å². The van der Waals surface area contributed by atoms with E-state index in [4.69, 9.17) is 11.6 Å². The van der Waals surface area contributed by atoms with Crippen molar-refractivity contribution in [3.63, 3.8) is 0 Å². The molecule has 31 heavy (non-hydrogen) atoms. The highest BCUT2D eigenvalue weighted by molar-refractivity contribution is 7.98. The highest BCUT2D eigenvalue weighted by Crippen LogP contribution is 2.24. The quantitative estimate of drug-likeness (QED) is 0.321. The highest BCUT2D eigenvalue weighted by Gasteiger charge is 2.22. The first-order chi connectivity index (χ1) is 15.2. The summed E-state index contributed by atoms with van der Waals surface area (Å²) in [5.41, 5.74) is 3.47. The number of aromatic nitrogens is 5. The van der Waals surface area contributed by atoms with Gasteiger partial charge in [-0.3, -0.25) is 4.79 Å². The Hall–Kier alpha value is -3.23. The number of amides is 1. The summed E-state index contributed by atoms with van der Waals surface area (Å²) in [5.74, 6) is 0.100. The molecule has 4 aromatic rings. The van der Waals surface area contributed by atoms with Crippen LogP contribution in [0, 0.1) is 0 Å². The molecule has 2 aromatic heterocycles. The summed E-state index contributed by atoms with van der Waals surface area (Å²) in [7, 11) is 0. The van der Waals surface area contributed by atoms with Crippen molar-refractivity contribution in [2.45, 2.75) is 24.3 Å². The number of anilines is 1. The first kappa shape index (κ1) is 21.0. The third-order valence-corrected chi connectivity index (χ3v) is 5.71. The van der Waals surface area contributed by atoms with Crippen LogP contribution in [0.2, 0.25) is 5.02 Å². The second-order valence-corrected chi connectivity index (χ2v) is 7.94. The van der Waals surface area contributed by atoms with Crippen LogP contribution in [0.25, 0.3) is 5.69 Å². The van der Waals surface area contributed by atoms with Crippen molar-refractivity contribution in [3.05, 3.63) is 89.0 Å². The van der Waals surface area contributed by atoms with Crippen LogP contribution in [0.3, 0.4) is 0 Å². The van der Waals surface area contributed by atoms with E-state index in [2.05, 4.69) is 25.6 Å². The molecule has 0 spiro atoms. The third-order valence-electron chi connectivity index (χ3n) is 4.58. The van der Waals surface area contributed by atoms with Crippen LogP contribution in [0.5, 0.6) is 0 Å². The number of hydrogen-bond donors (Lipinski definition) is 1. The molecule has 0 atom stereocenters. The number of para-hydroxylation sites is 1. The average molecular weight is 451 g/mol. The summed E-state index contributed by atoms with van der Waals surface area (Å²) in [6.45, 7) is 2.05. The molecule has 1 N–H and O–H groups in total. The van der Waals surface area contributed by atoms with E-state index in [1.807, 2.05) is 43.3 Å². The van der Waals surface area contributed by atoms with Gasteiger partial charge in [-0.05, 0) is 48.4 Å². The van der Waals surface area contributed by atoms with Gasteiger partial charge in [0.1, 0.15) is 0 Å². The number of nitrogens with zero attached hydrogens (tertiary/aromatic N) is 5. The molecule has 0 bridgehead atoms. The summed E-state index contributed by atoms with van der Waals surface area (Å²) < 4.78 is 1.65. The number of aryl methyl sites for hydroxylation is 1. The fraction of sp³-hybridized carbons (Fsp3) is 0.136. The SMILES string of the molecule is CCc1ccccc1NC(=O)c1nnn(-c2ccc(Cl)cc2)c1CSc1ncccn1. The van der Waals surface area contributed by atoms with E-state index in [1.165, 1.54) is 11.8 Å². The van der Waals surface area contributed by atoms with Crippen LogP contribution >= 0.6 is 23.4 Å². The lowest BCUT2D eigenvalue weighted by Gasteiger charge is -2.10. The van der Waals surface area contributed by atoms with Gasteiger partial charge in [-0.2, -0.15) is 0 Å². The van der Waals surface area contributed by atoms with Gasteiger partial charge < -0.3 is 5.32 Å². The van der Waals surface area contributed by atoms with Crippen LogP contribution in [0.15, 0.2) is 72.1 Å². The van der Waals surface area contributed by atoms with E-state index in [0.717, 1.165) is 23.4 Å². The fourth-order valence-electron chi connectivity index (χ4n) is 3.02. The van der Waals surface area contributed by atoms with E-state index >= 15 is 0 Å². The minimum atomic E-state index is -0.314. The van der Waals surface area contributed by atoms with Crippen LogP contribution in [-0.2, 0) is 12.2 Å². The van der Waals surface area contributed by atoms with Crippen molar-refractivity contribution in [2.75, 3.05) is 5.32 Å². The fourth-order valence-corrected chi connectivity index (χ4v) is 3.94. The second-order valence-electron chi connectivity index (χ2n) is 6.56. The number of benzene rings is 2. The van der Waals surface area contributed by atoms with Crippen LogP contribution < -0.4 is 5.32 Å². The zero-order chi connectivity index (χ0) is 21.6. The molecule has 0 saturated carbocycles. The lowest BCUT2D eigenvalue weighted by Crippen LogP contribution is -2.16. The van der Waals surface area contributed by atoms with Crippen LogP contribution in [0.1, 0.15) is 28.7 Å². The van der Waals surface area contributed by atoms with E-state index < -0.39 is 0 Å². The molecule has 0 radical (unpaired) electrons. The third kappa shape index (κ3) is 4.92. The number of rotatable bonds is 7. The zero-order valence-electron chi connectivity index (χ0n) is 16.7. The summed E-state index contributed by atoms with van der Waals surface area (Å²) in [4.78, 5) is 21.6. The number of carbonyl (C=O) groups excluding carboxylic acids is 1. The first-order valence-electron chi connectivity index (χ1n) is 9.65. The van der Waals surface area contributed by atoms with Crippen molar-refractivity contribution in [1.29, 1.82) is 0 Å². The number of hydrogen-bond acceptors (Lipinski definition) is 6. The molecule has 0 aliphatic heterocycles. The summed E-state index contributed by atoms with van der Waals surface area (Å²) in [5, 5.41) is 12.6. The van der Waals surface area contributed by atoms with Crippen molar-refractivity contribution in [1.82, 2.24) is 25.0 Å². The van der Waals surface area contributed by atoms with Crippen LogP contribution in [0.4, 0.5) is 5.69 Å². The molecule has 0 fully saturated rings. The first-order valence-corrected chi connectivity index (χ1v) is 11.0. The summed E-state index contributed by atoms with van der Waals surface area (Å²) in [6.07, 6.45) is 4.17. The van der Waals surface area contributed by atoms with E-state index in [1.54, 1.807) is 35.3 Å².